The van der Waals surface area contributed by atoms with Crippen LogP contribution in [0.25, 0.3) is 0 Å². The van der Waals surface area contributed by atoms with E-state index in [2.05, 4.69) is 33.4 Å². The lowest BCUT2D eigenvalue weighted by molar-refractivity contribution is -0.121. The third kappa shape index (κ3) is 5.46. The number of carbonyl (C=O) groups excluding carboxylic acids is 1. The maximum absolute atomic E-state index is 12.8. The van der Waals surface area contributed by atoms with Gasteiger partial charge in [0.2, 0.25) is 5.91 Å². The van der Waals surface area contributed by atoms with Crippen LogP contribution in [0, 0.1) is 0 Å². The number of hydrogen-bond donors (Lipinski definition) is 2. The van der Waals surface area contributed by atoms with E-state index in [1.54, 1.807) is 12.1 Å². The van der Waals surface area contributed by atoms with Gasteiger partial charge in [-0.2, -0.15) is 0 Å². The highest BCUT2D eigenvalue weighted by molar-refractivity contribution is 9.10. The molecular weight excluding hydrogens is 414 g/mol. The molecule has 0 unspecified atom stereocenters. The van der Waals surface area contributed by atoms with Crippen LogP contribution in [0.5, 0.6) is 5.75 Å². The van der Waals surface area contributed by atoms with Crippen molar-refractivity contribution < 1.29 is 9.90 Å². The number of halogens is 1. The van der Waals surface area contributed by atoms with E-state index in [-0.39, 0.29) is 30.0 Å². The molecule has 0 heterocycles. The highest BCUT2D eigenvalue weighted by Gasteiger charge is 2.22. The molecule has 0 bridgehead atoms. The Balaban J connectivity index is 1.76. The Morgan fingerprint density at radius 3 is 2.32 bits per heavy atom. The minimum absolute atomic E-state index is 0.0300. The summed E-state index contributed by atoms with van der Waals surface area (Å²) in [6.45, 7) is 2.01. The minimum atomic E-state index is -0.220. The van der Waals surface area contributed by atoms with Crippen LogP contribution < -0.4 is 5.32 Å². The Kier molecular flexibility index (Phi) is 6.88. The van der Waals surface area contributed by atoms with Gasteiger partial charge in [0.1, 0.15) is 5.75 Å². The van der Waals surface area contributed by atoms with E-state index in [1.807, 2.05) is 61.5 Å². The van der Waals surface area contributed by atoms with Gasteiger partial charge in [-0.05, 0) is 42.7 Å². The molecular formula is C24H24BrNO2. The fourth-order valence-electron chi connectivity index (χ4n) is 3.44. The van der Waals surface area contributed by atoms with E-state index in [4.69, 9.17) is 0 Å². The molecule has 3 rings (SSSR count). The van der Waals surface area contributed by atoms with E-state index in [9.17, 15) is 9.90 Å². The first-order chi connectivity index (χ1) is 13.5. The minimum Gasteiger partial charge on any atom is -0.508 e. The van der Waals surface area contributed by atoms with Crippen LogP contribution in [0.2, 0.25) is 0 Å². The summed E-state index contributed by atoms with van der Waals surface area (Å²) in [5.74, 6) is -0.0542. The molecule has 0 spiro atoms. The molecule has 3 nitrogen and oxygen atoms in total. The van der Waals surface area contributed by atoms with Crippen molar-refractivity contribution in [2.24, 2.45) is 0 Å². The van der Waals surface area contributed by atoms with Crippen LogP contribution in [0.1, 0.15) is 36.0 Å². The second kappa shape index (κ2) is 9.56. The lowest BCUT2D eigenvalue weighted by Crippen LogP contribution is -2.35. The summed E-state index contributed by atoms with van der Waals surface area (Å²) in [6, 6.07) is 25.3. The normalized spacial score (nSPS) is 12.9. The van der Waals surface area contributed by atoms with Crippen molar-refractivity contribution in [1.82, 2.24) is 5.32 Å². The number of phenols is 1. The standard InChI is InChI=1S/C24H24BrNO2/c1-17(14-18-8-4-2-5-9-18)26-24(28)16-21(19-10-6-3-7-11-19)22-15-20(25)12-13-23(22)27/h2-13,15,17,21,27H,14,16H2,1H3,(H,26,28)/t17-,21-/m0/s1. The van der Waals surface area contributed by atoms with Crippen LogP contribution in [-0.2, 0) is 11.2 Å². The first-order valence-corrected chi connectivity index (χ1v) is 10.2. The molecule has 4 heteroatoms. The summed E-state index contributed by atoms with van der Waals surface area (Å²) >= 11 is 3.47. The third-order valence-electron chi connectivity index (χ3n) is 4.75. The van der Waals surface area contributed by atoms with Gasteiger partial charge in [-0.25, -0.2) is 0 Å². The molecule has 3 aromatic rings. The maximum Gasteiger partial charge on any atom is 0.221 e. The van der Waals surface area contributed by atoms with Crippen molar-refractivity contribution in [3.63, 3.8) is 0 Å². The van der Waals surface area contributed by atoms with E-state index < -0.39 is 0 Å². The molecule has 0 aliphatic rings. The molecule has 3 aromatic carbocycles. The zero-order valence-electron chi connectivity index (χ0n) is 15.8. The number of amides is 1. The molecule has 144 valence electrons. The number of carbonyl (C=O) groups is 1. The third-order valence-corrected chi connectivity index (χ3v) is 5.24. The van der Waals surface area contributed by atoms with Crippen LogP contribution in [0.3, 0.4) is 0 Å². The summed E-state index contributed by atoms with van der Waals surface area (Å²) < 4.78 is 0.874. The van der Waals surface area contributed by atoms with Gasteiger partial charge >= 0.3 is 0 Å². The van der Waals surface area contributed by atoms with Crippen LogP contribution >= 0.6 is 15.9 Å². The maximum atomic E-state index is 12.8. The fourth-order valence-corrected chi connectivity index (χ4v) is 3.81. The second-order valence-corrected chi connectivity index (χ2v) is 7.94. The van der Waals surface area contributed by atoms with Crippen molar-refractivity contribution in [1.29, 1.82) is 0 Å². The number of nitrogens with one attached hydrogen (secondary N) is 1. The molecule has 0 saturated carbocycles. The summed E-state index contributed by atoms with van der Waals surface area (Å²) in [6.07, 6.45) is 1.05. The molecule has 0 aliphatic carbocycles. The number of hydrogen-bond acceptors (Lipinski definition) is 2. The van der Waals surface area contributed by atoms with E-state index in [0.29, 0.717) is 0 Å². The van der Waals surface area contributed by atoms with Gasteiger partial charge < -0.3 is 10.4 Å². The lowest BCUT2D eigenvalue weighted by atomic mass is 9.87. The van der Waals surface area contributed by atoms with Crippen molar-refractivity contribution in [2.75, 3.05) is 0 Å². The Morgan fingerprint density at radius 2 is 1.64 bits per heavy atom. The van der Waals surface area contributed by atoms with Crippen molar-refractivity contribution in [2.45, 2.75) is 31.7 Å². The Hall–Kier alpha value is -2.59. The van der Waals surface area contributed by atoms with Crippen molar-refractivity contribution >= 4 is 21.8 Å². The monoisotopic (exact) mass is 437 g/mol. The quantitative estimate of drug-likeness (QED) is 0.517. The zero-order chi connectivity index (χ0) is 19.9. The van der Waals surface area contributed by atoms with E-state index in [1.165, 1.54) is 5.56 Å². The Morgan fingerprint density at radius 1 is 1.00 bits per heavy atom. The summed E-state index contributed by atoms with van der Waals surface area (Å²) in [5, 5.41) is 13.5. The first-order valence-electron chi connectivity index (χ1n) is 9.39. The van der Waals surface area contributed by atoms with E-state index in [0.717, 1.165) is 22.0 Å². The lowest BCUT2D eigenvalue weighted by Gasteiger charge is -2.21. The van der Waals surface area contributed by atoms with E-state index >= 15 is 0 Å². The fraction of sp³-hybridized carbons (Fsp3) is 0.208. The number of aromatic hydroxyl groups is 1. The highest BCUT2D eigenvalue weighted by atomic mass is 79.9. The predicted molar refractivity (Wildman–Crippen MR) is 116 cm³/mol. The van der Waals surface area contributed by atoms with Gasteiger partial charge in [-0.3, -0.25) is 4.79 Å². The molecule has 2 atom stereocenters. The first kappa shape index (κ1) is 20.2. The topological polar surface area (TPSA) is 49.3 Å². The van der Waals surface area contributed by atoms with Crippen LogP contribution in [0.15, 0.2) is 83.3 Å². The molecule has 0 fully saturated rings. The van der Waals surface area contributed by atoms with Gasteiger partial charge in [0, 0.05) is 28.4 Å². The predicted octanol–water partition coefficient (Wildman–Crippen LogP) is 5.42. The molecule has 0 saturated heterocycles. The average molecular weight is 438 g/mol. The largest absolute Gasteiger partial charge is 0.508 e. The van der Waals surface area contributed by atoms with Gasteiger partial charge in [0.15, 0.2) is 0 Å². The molecule has 1 amide bonds. The average Bonchev–Trinajstić information content (AvgIpc) is 2.69. The van der Waals surface area contributed by atoms with Crippen molar-refractivity contribution in [3.05, 3.63) is 100 Å². The SMILES string of the molecule is C[C@@H](Cc1ccccc1)NC(=O)C[C@@H](c1ccccc1)c1cc(Br)ccc1O. The van der Waals surface area contributed by atoms with Gasteiger partial charge in [0.05, 0.1) is 0 Å². The molecule has 2 N–H and O–H groups in total. The number of rotatable bonds is 7. The molecule has 0 aromatic heterocycles. The Bertz CT molecular complexity index is 912. The molecule has 28 heavy (non-hydrogen) atoms. The summed E-state index contributed by atoms with van der Waals surface area (Å²) in [4.78, 5) is 12.8. The van der Waals surface area contributed by atoms with Gasteiger partial charge in [0.25, 0.3) is 0 Å². The number of benzene rings is 3. The zero-order valence-corrected chi connectivity index (χ0v) is 17.4. The summed E-state index contributed by atoms with van der Waals surface area (Å²) in [7, 11) is 0. The highest BCUT2D eigenvalue weighted by Crippen LogP contribution is 2.35. The van der Waals surface area contributed by atoms with Crippen LogP contribution in [-0.4, -0.2) is 17.1 Å². The van der Waals surface area contributed by atoms with Crippen LogP contribution in [0.4, 0.5) is 0 Å². The second-order valence-electron chi connectivity index (χ2n) is 7.03. The molecule has 0 radical (unpaired) electrons. The number of phenolic OH excluding ortho intramolecular Hbond substituents is 1. The molecule has 0 aliphatic heterocycles. The Labute approximate surface area is 174 Å². The smallest absolute Gasteiger partial charge is 0.221 e. The van der Waals surface area contributed by atoms with Gasteiger partial charge in [-0.15, -0.1) is 0 Å². The summed E-state index contributed by atoms with van der Waals surface area (Å²) in [5.41, 5.74) is 2.94. The van der Waals surface area contributed by atoms with Gasteiger partial charge in [-0.1, -0.05) is 76.6 Å². The van der Waals surface area contributed by atoms with Crippen molar-refractivity contribution in [3.8, 4) is 5.75 Å².